The molecule has 1 aromatic rings. The Balaban J connectivity index is 1.95. The minimum absolute atomic E-state index is 0.129. The summed E-state index contributed by atoms with van der Waals surface area (Å²) >= 11 is 0. The molecule has 124 valence electrons. The molecule has 0 amide bonds. The van der Waals surface area contributed by atoms with E-state index in [-0.39, 0.29) is 17.1 Å². The fourth-order valence-electron chi connectivity index (χ4n) is 2.67. The van der Waals surface area contributed by atoms with Crippen molar-refractivity contribution in [3.05, 3.63) is 35.4 Å². The molecule has 1 fully saturated rings. The third-order valence-corrected chi connectivity index (χ3v) is 5.85. The highest BCUT2D eigenvalue weighted by molar-refractivity contribution is 7.89. The van der Waals surface area contributed by atoms with Crippen molar-refractivity contribution in [1.29, 1.82) is 0 Å². The second-order valence-corrected chi connectivity index (χ2v) is 8.62. The Morgan fingerprint density at radius 3 is 2.50 bits per heavy atom. The summed E-state index contributed by atoms with van der Waals surface area (Å²) in [5.41, 5.74) is 2.21. The lowest BCUT2D eigenvalue weighted by Gasteiger charge is -2.26. The van der Waals surface area contributed by atoms with Gasteiger partial charge in [0, 0.05) is 18.6 Å². The van der Waals surface area contributed by atoms with Crippen LogP contribution in [0.4, 0.5) is 0 Å². The van der Waals surface area contributed by atoms with E-state index in [1.54, 1.807) is 0 Å². The van der Waals surface area contributed by atoms with Gasteiger partial charge in [0.2, 0.25) is 10.0 Å². The maximum Gasteiger partial charge on any atom is 0.211 e. The van der Waals surface area contributed by atoms with Crippen LogP contribution in [0.5, 0.6) is 0 Å². The Morgan fingerprint density at radius 1 is 1.27 bits per heavy atom. The van der Waals surface area contributed by atoms with E-state index in [1.807, 2.05) is 0 Å². The molecule has 4 nitrogen and oxygen atoms in total. The van der Waals surface area contributed by atoms with Gasteiger partial charge in [-0.3, -0.25) is 0 Å². The molecule has 0 aromatic heterocycles. The van der Waals surface area contributed by atoms with Gasteiger partial charge in [0.25, 0.3) is 0 Å². The number of nitrogens with one attached hydrogen (secondary N) is 1. The first-order valence-electron chi connectivity index (χ1n) is 7.97. The van der Waals surface area contributed by atoms with Crippen LogP contribution in [0.15, 0.2) is 24.3 Å². The van der Waals surface area contributed by atoms with E-state index >= 15 is 0 Å². The number of hydrogen-bond acceptors (Lipinski definition) is 3. The van der Waals surface area contributed by atoms with Gasteiger partial charge in [-0.05, 0) is 29.9 Å². The zero-order chi connectivity index (χ0) is 16.2. The number of rotatable bonds is 7. The molecular formula is C17H27NO3S. The van der Waals surface area contributed by atoms with Gasteiger partial charge >= 0.3 is 0 Å². The molecule has 0 saturated carbocycles. The fourth-order valence-corrected chi connectivity index (χ4v) is 4.25. The first-order valence-corrected chi connectivity index (χ1v) is 9.62. The van der Waals surface area contributed by atoms with Crippen LogP contribution in [0, 0.1) is 5.92 Å². The predicted octanol–water partition coefficient (Wildman–Crippen LogP) is 2.48. The van der Waals surface area contributed by atoms with Crippen LogP contribution < -0.4 is 4.72 Å². The first-order chi connectivity index (χ1) is 10.3. The molecule has 1 aliphatic rings. The highest BCUT2D eigenvalue weighted by Crippen LogP contribution is 2.23. The van der Waals surface area contributed by atoms with Gasteiger partial charge in [-0.2, -0.15) is 0 Å². The summed E-state index contributed by atoms with van der Waals surface area (Å²) in [5.74, 6) is 0.294. The van der Waals surface area contributed by atoms with Gasteiger partial charge in [0.15, 0.2) is 0 Å². The fraction of sp³-hybridized carbons (Fsp3) is 0.647. The smallest absolute Gasteiger partial charge is 0.211 e. The molecule has 1 unspecified atom stereocenters. The molecule has 0 bridgehead atoms. The maximum absolute atomic E-state index is 12.2. The summed E-state index contributed by atoms with van der Waals surface area (Å²) in [4.78, 5) is 0. The molecule has 2 rings (SSSR count). The van der Waals surface area contributed by atoms with E-state index in [0.717, 1.165) is 18.4 Å². The zero-order valence-corrected chi connectivity index (χ0v) is 14.6. The molecule has 5 heteroatoms. The molecule has 22 heavy (non-hydrogen) atoms. The van der Waals surface area contributed by atoms with E-state index in [4.69, 9.17) is 4.74 Å². The van der Waals surface area contributed by atoms with Gasteiger partial charge < -0.3 is 4.74 Å². The van der Waals surface area contributed by atoms with Crippen LogP contribution in [-0.4, -0.2) is 33.9 Å². The van der Waals surface area contributed by atoms with Crippen LogP contribution in [0.1, 0.15) is 38.3 Å². The minimum Gasteiger partial charge on any atom is -0.381 e. The Kier molecular flexibility index (Phi) is 5.64. The van der Waals surface area contributed by atoms with Crippen LogP contribution in [0.25, 0.3) is 0 Å². The highest BCUT2D eigenvalue weighted by Gasteiger charge is 2.26. The molecule has 1 saturated heterocycles. The first kappa shape index (κ1) is 17.4. The number of hydrogen-bond donors (Lipinski definition) is 1. The van der Waals surface area contributed by atoms with E-state index in [2.05, 4.69) is 49.8 Å². The lowest BCUT2D eigenvalue weighted by Crippen LogP contribution is -2.39. The minimum atomic E-state index is -3.25. The van der Waals surface area contributed by atoms with E-state index in [1.165, 1.54) is 5.56 Å². The van der Waals surface area contributed by atoms with Crippen molar-refractivity contribution in [1.82, 2.24) is 4.72 Å². The predicted molar refractivity (Wildman–Crippen MR) is 89.6 cm³/mol. The number of benzene rings is 1. The molecule has 1 heterocycles. The quantitative estimate of drug-likeness (QED) is 0.838. The monoisotopic (exact) mass is 325 g/mol. The van der Waals surface area contributed by atoms with Gasteiger partial charge in [-0.15, -0.1) is 0 Å². The van der Waals surface area contributed by atoms with Crippen LogP contribution in [-0.2, 0) is 26.6 Å². The summed E-state index contributed by atoms with van der Waals surface area (Å²) in [6, 6.07) is 8.42. The Bertz CT molecular complexity index is 572. The van der Waals surface area contributed by atoms with Gasteiger partial charge in [0.1, 0.15) is 0 Å². The highest BCUT2D eigenvalue weighted by atomic mass is 32.2. The SMILES string of the molecule is CCc1ccc(C(C)(C)CNS(=O)(=O)CC2CCOC2)cc1. The topological polar surface area (TPSA) is 55.4 Å². The van der Waals surface area contributed by atoms with Crippen molar-refractivity contribution < 1.29 is 13.2 Å². The van der Waals surface area contributed by atoms with Crippen molar-refractivity contribution in [2.24, 2.45) is 5.92 Å². The van der Waals surface area contributed by atoms with Crippen molar-refractivity contribution in [3.63, 3.8) is 0 Å². The molecule has 0 radical (unpaired) electrons. The summed E-state index contributed by atoms with van der Waals surface area (Å²) in [5, 5.41) is 0. The summed E-state index contributed by atoms with van der Waals surface area (Å²) in [6.07, 6.45) is 1.85. The van der Waals surface area contributed by atoms with E-state index < -0.39 is 10.0 Å². The van der Waals surface area contributed by atoms with Gasteiger partial charge in [0.05, 0.1) is 12.4 Å². The maximum atomic E-state index is 12.2. The van der Waals surface area contributed by atoms with Crippen molar-refractivity contribution in [2.75, 3.05) is 25.5 Å². The summed E-state index contributed by atoms with van der Waals surface area (Å²) in [6.45, 7) is 7.90. The normalized spacial score (nSPS) is 19.5. The second-order valence-electron chi connectivity index (χ2n) is 6.77. The average molecular weight is 325 g/mol. The Morgan fingerprint density at radius 2 is 1.95 bits per heavy atom. The molecule has 1 atom stereocenters. The second kappa shape index (κ2) is 7.11. The summed E-state index contributed by atoms with van der Waals surface area (Å²) < 4.78 is 32.4. The van der Waals surface area contributed by atoms with Crippen LogP contribution in [0.2, 0.25) is 0 Å². The third-order valence-electron chi connectivity index (χ3n) is 4.36. The molecule has 1 N–H and O–H groups in total. The van der Waals surface area contributed by atoms with Crippen LogP contribution in [0.3, 0.4) is 0 Å². The van der Waals surface area contributed by atoms with Gasteiger partial charge in [-0.1, -0.05) is 45.0 Å². The number of sulfonamides is 1. The standard InChI is InChI=1S/C17H27NO3S/c1-4-14-5-7-16(8-6-14)17(2,3)13-18-22(19,20)12-15-9-10-21-11-15/h5-8,15,18H,4,9-13H2,1-3H3. The molecule has 0 spiro atoms. The summed E-state index contributed by atoms with van der Waals surface area (Å²) in [7, 11) is -3.25. The number of ether oxygens (including phenoxy) is 1. The largest absolute Gasteiger partial charge is 0.381 e. The van der Waals surface area contributed by atoms with Crippen molar-refractivity contribution >= 4 is 10.0 Å². The average Bonchev–Trinajstić information content (AvgIpc) is 2.98. The van der Waals surface area contributed by atoms with Crippen LogP contribution >= 0.6 is 0 Å². The van der Waals surface area contributed by atoms with Crippen molar-refractivity contribution in [2.45, 2.75) is 39.0 Å². The lowest BCUT2D eigenvalue weighted by molar-refractivity contribution is 0.188. The van der Waals surface area contributed by atoms with E-state index in [0.29, 0.717) is 19.8 Å². The Hall–Kier alpha value is -0.910. The van der Waals surface area contributed by atoms with Crippen molar-refractivity contribution in [3.8, 4) is 0 Å². The van der Waals surface area contributed by atoms with E-state index in [9.17, 15) is 8.42 Å². The zero-order valence-electron chi connectivity index (χ0n) is 13.8. The van der Waals surface area contributed by atoms with Gasteiger partial charge in [-0.25, -0.2) is 13.1 Å². The Labute approximate surface area is 134 Å². The molecule has 1 aliphatic heterocycles. The molecule has 0 aliphatic carbocycles. The molecule has 1 aromatic carbocycles. The molecular weight excluding hydrogens is 298 g/mol. The number of aryl methyl sites for hydroxylation is 1. The third kappa shape index (κ3) is 4.80. The lowest BCUT2D eigenvalue weighted by atomic mass is 9.84.